The van der Waals surface area contributed by atoms with Crippen LogP contribution in [0.1, 0.15) is 200 Å². The predicted octanol–water partition coefficient (Wildman–Crippen LogP) is 9.70. The maximum atomic E-state index is 12.8. The topological polar surface area (TPSA) is 192 Å². The Morgan fingerprint density at radius 1 is 0.525 bits per heavy atom. The lowest BCUT2D eigenvalue weighted by atomic mass is 9.85. The number of carbonyl (C=O) groups excluding carboxylic acids is 1. The molecule has 1 saturated carbocycles. The number of ether oxygens (including phenoxy) is 2. The van der Waals surface area contributed by atoms with Gasteiger partial charge in [0.25, 0.3) is 0 Å². The van der Waals surface area contributed by atoms with Gasteiger partial charge in [-0.05, 0) is 64.2 Å². The van der Waals surface area contributed by atoms with Crippen molar-refractivity contribution in [3.8, 4) is 0 Å². The molecule has 0 heterocycles. The van der Waals surface area contributed by atoms with Gasteiger partial charge < -0.3 is 39.9 Å². The van der Waals surface area contributed by atoms with E-state index in [1.807, 2.05) is 0 Å². The summed E-state index contributed by atoms with van der Waals surface area (Å²) in [6, 6.07) is 0. The monoisotopic (exact) mass is 863 g/mol. The van der Waals surface area contributed by atoms with Gasteiger partial charge in [-0.3, -0.25) is 13.8 Å². The van der Waals surface area contributed by atoms with Crippen LogP contribution >= 0.6 is 7.82 Å². The van der Waals surface area contributed by atoms with Crippen LogP contribution in [0.15, 0.2) is 24.3 Å². The number of allylic oxidation sites excluding steroid dienone is 4. The molecule has 59 heavy (non-hydrogen) atoms. The second-order valence-electron chi connectivity index (χ2n) is 16.6. The molecule has 1 rings (SSSR count). The lowest BCUT2D eigenvalue weighted by Gasteiger charge is -2.41. The number of rotatable bonds is 40. The Hall–Kier alpha value is -1.18. The van der Waals surface area contributed by atoms with E-state index in [0.717, 1.165) is 51.4 Å². The normalized spacial score (nSPS) is 22.6. The minimum atomic E-state index is -5.02. The molecule has 1 aliphatic rings. The smallest absolute Gasteiger partial charge is 0.457 e. The van der Waals surface area contributed by atoms with Crippen LogP contribution in [0.4, 0.5) is 0 Å². The first-order chi connectivity index (χ1) is 28.5. The first-order valence-corrected chi connectivity index (χ1v) is 25.2. The summed E-state index contributed by atoms with van der Waals surface area (Å²) in [5, 5.41) is 50.2. The van der Waals surface area contributed by atoms with Crippen molar-refractivity contribution in [3.63, 3.8) is 0 Å². The molecule has 0 bridgehead atoms. The first-order valence-electron chi connectivity index (χ1n) is 23.7. The van der Waals surface area contributed by atoms with Crippen LogP contribution in [0.25, 0.3) is 0 Å². The molecule has 6 N–H and O–H groups in total. The molecule has 1 fully saturated rings. The van der Waals surface area contributed by atoms with Gasteiger partial charge in [-0.25, -0.2) is 4.57 Å². The number of hydrogen-bond donors (Lipinski definition) is 6. The Labute approximate surface area is 358 Å². The maximum absolute atomic E-state index is 12.8. The molecule has 6 unspecified atom stereocenters. The second-order valence-corrected chi connectivity index (χ2v) is 18.0. The summed E-state index contributed by atoms with van der Waals surface area (Å²) in [5.41, 5.74) is 0. The largest absolute Gasteiger partial charge is 0.472 e. The first kappa shape index (κ1) is 55.8. The molecule has 6 atom stereocenters. The number of hydrogen-bond acceptors (Lipinski definition) is 11. The third kappa shape index (κ3) is 29.7. The van der Waals surface area contributed by atoms with Crippen LogP contribution in [0.2, 0.25) is 0 Å². The van der Waals surface area contributed by atoms with Crippen LogP contribution in [0.3, 0.4) is 0 Å². The van der Waals surface area contributed by atoms with Crippen molar-refractivity contribution < 1.29 is 58.3 Å². The lowest BCUT2D eigenvalue weighted by Crippen LogP contribution is -2.64. The van der Waals surface area contributed by atoms with E-state index in [1.165, 1.54) is 122 Å². The summed E-state index contributed by atoms with van der Waals surface area (Å²) in [6.07, 6.45) is 29.6. The summed E-state index contributed by atoms with van der Waals surface area (Å²) in [7, 11) is -5.02. The third-order valence-electron chi connectivity index (χ3n) is 11.0. The van der Waals surface area contributed by atoms with Crippen LogP contribution in [0.5, 0.6) is 0 Å². The summed E-state index contributed by atoms with van der Waals surface area (Å²) in [6.45, 7) is 4.23. The molecule has 0 radical (unpaired) electrons. The Morgan fingerprint density at radius 3 is 1.37 bits per heavy atom. The number of phosphoric ester groups is 1. The van der Waals surface area contributed by atoms with Gasteiger partial charge in [-0.2, -0.15) is 0 Å². The molecule has 1 aliphatic carbocycles. The van der Waals surface area contributed by atoms with Crippen molar-refractivity contribution in [2.75, 3.05) is 19.8 Å². The molecule has 0 saturated heterocycles. The van der Waals surface area contributed by atoms with Gasteiger partial charge in [0.05, 0.1) is 13.2 Å². The highest BCUT2D eigenvalue weighted by Gasteiger charge is 2.51. The van der Waals surface area contributed by atoms with E-state index < -0.39 is 63.1 Å². The van der Waals surface area contributed by atoms with Crippen molar-refractivity contribution in [2.24, 2.45) is 0 Å². The van der Waals surface area contributed by atoms with Gasteiger partial charge in [0.15, 0.2) is 0 Å². The SMILES string of the molecule is CCCCC/C=C\CCCCCCCCOCC(COP(=O)(O)OC1C(O)C(O)C(O)C(O)C1O)OC(=O)CCCCCCCCCCC/C=C\CCCCCCCC. The summed E-state index contributed by atoms with van der Waals surface area (Å²) < 4.78 is 34.2. The van der Waals surface area contributed by atoms with Crippen molar-refractivity contribution in [3.05, 3.63) is 24.3 Å². The predicted molar refractivity (Wildman–Crippen MR) is 235 cm³/mol. The van der Waals surface area contributed by atoms with Gasteiger partial charge in [-0.1, -0.05) is 154 Å². The fourth-order valence-electron chi connectivity index (χ4n) is 7.23. The summed E-state index contributed by atoms with van der Waals surface area (Å²) in [4.78, 5) is 23.2. The standard InChI is InChI=1S/C46H87O12P/c1-3-5-7-9-11-13-15-17-18-19-20-21-22-23-25-27-29-31-33-35-40(47)57-39(37-55-36-34-32-30-28-26-24-16-14-12-10-8-6-4-2)38-56-59(53,54)58-46-44(51)42(49)41(48)43(50)45(46)52/h12,14,17-18,39,41-46,48-52H,3-11,13,15-16,19-38H2,1-2H3,(H,53,54)/b14-12-,18-17-. The van der Waals surface area contributed by atoms with Crippen molar-refractivity contribution >= 4 is 13.8 Å². The average molecular weight is 863 g/mol. The van der Waals surface area contributed by atoms with E-state index in [9.17, 15) is 39.8 Å². The Balaban J connectivity index is 2.37. The Kier molecular flexibility index (Phi) is 35.4. The minimum absolute atomic E-state index is 0.0793. The van der Waals surface area contributed by atoms with E-state index in [0.29, 0.717) is 13.0 Å². The zero-order chi connectivity index (χ0) is 43.4. The van der Waals surface area contributed by atoms with Gasteiger partial charge in [0.2, 0.25) is 0 Å². The molecule has 12 nitrogen and oxygen atoms in total. The number of unbranched alkanes of at least 4 members (excludes halogenated alkanes) is 24. The number of aliphatic hydroxyl groups is 5. The fraction of sp³-hybridized carbons (Fsp3) is 0.891. The number of aliphatic hydroxyl groups excluding tert-OH is 5. The van der Waals surface area contributed by atoms with Crippen LogP contribution < -0.4 is 0 Å². The second kappa shape index (κ2) is 37.4. The van der Waals surface area contributed by atoms with Crippen LogP contribution in [0, 0.1) is 0 Å². The van der Waals surface area contributed by atoms with E-state index in [2.05, 4.69) is 38.2 Å². The van der Waals surface area contributed by atoms with Crippen molar-refractivity contribution in [2.45, 2.75) is 243 Å². The molecular formula is C46H87O12P. The third-order valence-corrected chi connectivity index (χ3v) is 12.0. The Bertz CT molecular complexity index is 1070. The molecule has 0 aliphatic heterocycles. The van der Waals surface area contributed by atoms with Crippen molar-refractivity contribution in [1.82, 2.24) is 0 Å². The van der Waals surface area contributed by atoms with E-state index >= 15 is 0 Å². The molecule has 0 amide bonds. The van der Waals surface area contributed by atoms with E-state index in [4.69, 9.17) is 18.5 Å². The summed E-state index contributed by atoms with van der Waals surface area (Å²) >= 11 is 0. The summed E-state index contributed by atoms with van der Waals surface area (Å²) in [5.74, 6) is -0.480. The highest BCUT2D eigenvalue weighted by Crippen LogP contribution is 2.47. The highest BCUT2D eigenvalue weighted by molar-refractivity contribution is 7.47. The van der Waals surface area contributed by atoms with Crippen LogP contribution in [-0.4, -0.2) is 98.9 Å². The lowest BCUT2D eigenvalue weighted by molar-refractivity contribution is -0.220. The van der Waals surface area contributed by atoms with E-state index in [1.54, 1.807) is 0 Å². The molecule has 13 heteroatoms. The number of phosphoric acid groups is 1. The minimum Gasteiger partial charge on any atom is -0.457 e. The molecule has 0 aromatic carbocycles. The highest BCUT2D eigenvalue weighted by atomic mass is 31.2. The van der Waals surface area contributed by atoms with Gasteiger partial charge >= 0.3 is 13.8 Å². The maximum Gasteiger partial charge on any atom is 0.472 e. The van der Waals surface area contributed by atoms with E-state index in [-0.39, 0.29) is 13.0 Å². The Morgan fingerprint density at radius 2 is 0.898 bits per heavy atom. The quantitative estimate of drug-likeness (QED) is 0.0148. The molecule has 0 aromatic heterocycles. The van der Waals surface area contributed by atoms with Gasteiger partial charge in [0.1, 0.15) is 42.7 Å². The zero-order valence-corrected chi connectivity index (χ0v) is 38.0. The zero-order valence-electron chi connectivity index (χ0n) is 37.1. The average Bonchev–Trinajstić information content (AvgIpc) is 3.22. The van der Waals surface area contributed by atoms with Gasteiger partial charge in [0, 0.05) is 13.0 Å². The molecule has 348 valence electrons. The molecule has 0 spiro atoms. The number of esters is 1. The molecule has 0 aromatic rings. The van der Waals surface area contributed by atoms with Gasteiger partial charge in [-0.15, -0.1) is 0 Å². The van der Waals surface area contributed by atoms with Crippen LogP contribution in [-0.2, 0) is 27.9 Å². The molecular weight excluding hydrogens is 775 g/mol. The van der Waals surface area contributed by atoms with Crippen molar-refractivity contribution in [1.29, 1.82) is 0 Å². The fourth-order valence-corrected chi connectivity index (χ4v) is 8.20. The number of carbonyl (C=O) groups is 1.